The number of nitrogens with zero attached hydrogens (tertiary/aromatic N) is 2. The van der Waals surface area contributed by atoms with Crippen molar-refractivity contribution in [1.82, 2.24) is 15.5 Å². The van der Waals surface area contributed by atoms with Crippen molar-refractivity contribution in [3.05, 3.63) is 60.2 Å². The van der Waals surface area contributed by atoms with Crippen LogP contribution < -0.4 is 15.4 Å². The number of aliphatic hydroxyl groups is 3. The maximum Gasteiger partial charge on any atom is 0.316 e. The zero-order chi connectivity index (χ0) is 49.3. The number of ether oxygens (including phenoxy) is 6. The van der Waals surface area contributed by atoms with Crippen LogP contribution >= 0.6 is 0 Å². The first-order valence-corrected chi connectivity index (χ1v) is 24.2. The lowest BCUT2D eigenvalue weighted by atomic mass is 9.74. The molecule has 13 atom stereocenters. The second-order valence-electron chi connectivity index (χ2n) is 19.1. The first-order valence-electron chi connectivity index (χ1n) is 24.2. The van der Waals surface area contributed by atoms with Gasteiger partial charge in [-0.25, -0.2) is 0 Å². The molecule has 16 nitrogen and oxygen atoms in total. The van der Waals surface area contributed by atoms with Crippen LogP contribution in [0.15, 0.2) is 59.8 Å². The van der Waals surface area contributed by atoms with Crippen molar-refractivity contribution in [1.29, 1.82) is 0 Å². The number of para-hydroxylation sites is 1. The normalized spacial score (nSPS) is 33.1. The Balaban J connectivity index is 1.34. The monoisotopic (exact) mass is 943 g/mol. The zero-order valence-electron chi connectivity index (χ0n) is 41.9. The van der Waals surface area contributed by atoms with Gasteiger partial charge in [-0.05, 0) is 117 Å². The first kappa shape index (κ1) is 56.0. The van der Waals surface area contributed by atoms with Gasteiger partial charge in [-0.2, -0.15) is 0 Å². The van der Waals surface area contributed by atoms with Crippen LogP contribution in [0.3, 0.4) is 0 Å². The second-order valence-corrected chi connectivity index (χ2v) is 19.1. The van der Waals surface area contributed by atoms with E-state index in [4.69, 9.17) is 33.3 Å². The summed E-state index contributed by atoms with van der Waals surface area (Å²) >= 11 is 0. The summed E-state index contributed by atoms with van der Waals surface area (Å²) in [5.74, 6) is -3.11. The Hall–Kier alpha value is -3.55. The smallest absolute Gasteiger partial charge is 0.316 e. The molecule has 2 aromatic carbocycles. The number of aliphatic hydroxyl groups excluding tert-OH is 2. The quantitative estimate of drug-likeness (QED) is 0.0455. The van der Waals surface area contributed by atoms with Gasteiger partial charge in [0.1, 0.15) is 41.8 Å². The first-order chi connectivity index (χ1) is 31.8. The van der Waals surface area contributed by atoms with Gasteiger partial charge >= 0.3 is 5.97 Å². The summed E-state index contributed by atoms with van der Waals surface area (Å²) in [4.78, 5) is 35.7. The highest BCUT2D eigenvalue weighted by Crippen LogP contribution is 2.39. The highest BCUT2D eigenvalue weighted by Gasteiger charge is 2.51. The van der Waals surface area contributed by atoms with E-state index >= 15 is 0 Å². The summed E-state index contributed by atoms with van der Waals surface area (Å²) in [5.41, 5.74) is -1.53. The van der Waals surface area contributed by atoms with Gasteiger partial charge in [0.15, 0.2) is 12.1 Å². The van der Waals surface area contributed by atoms with Gasteiger partial charge in [0.2, 0.25) is 0 Å². The molecule has 0 unspecified atom stereocenters. The highest BCUT2D eigenvalue weighted by molar-refractivity contribution is 6.00. The Labute approximate surface area is 399 Å². The molecular formula is C51H82N4O12. The fourth-order valence-electron chi connectivity index (χ4n) is 9.21. The summed E-state index contributed by atoms with van der Waals surface area (Å²) in [7, 11) is 5.28. The fourth-order valence-corrected chi connectivity index (χ4v) is 9.21. The van der Waals surface area contributed by atoms with Crippen LogP contribution in [-0.2, 0) is 44.7 Å². The van der Waals surface area contributed by atoms with E-state index in [1.54, 1.807) is 20.8 Å². The molecule has 0 saturated carbocycles. The highest BCUT2D eigenvalue weighted by atomic mass is 16.7. The number of carbonyl (C=O) groups excluding carboxylic acids is 2. The molecule has 4 rings (SSSR count). The number of rotatable bonds is 21. The van der Waals surface area contributed by atoms with E-state index in [9.17, 15) is 24.9 Å². The topological polar surface area (TPSA) is 199 Å². The third kappa shape index (κ3) is 16.0. The molecule has 2 fully saturated rings. The lowest BCUT2D eigenvalue weighted by Gasteiger charge is -2.47. The van der Waals surface area contributed by atoms with Gasteiger partial charge < -0.3 is 64.1 Å². The SMILES string of the molecule is CC[C@H]1OC(=O)[C@H](C)C(=O)[C@H](C)[C@@H](O[C@@H]2O[C@H](C)C[C@H](N(C)C)[C@H]2O)[C@@](C)(OC)C[C@@H](C)C(=NOCCNCCCOCCCNCc2ccc(Oc3ccccc3)cc2)[C@H](C)[C@@H](O)[C@]1(C)O. The van der Waals surface area contributed by atoms with Crippen LogP contribution in [0.1, 0.15) is 93.1 Å². The summed E-state index contributed by atoms with van der Waals surface area (Å²) in [6, 6.07) is 17.5. The number of hydrogen-bond acceptors (Lipinski definition) is 16. The molecule has 2 aromatic rings. The molecule has 67 heavy (non-hydrogen) atoms. The number of carbonyl (C=O) groups is 2. The van der Waals surface area contributed by atoms with E-state index < -0.39 is 77.3 Å². The molecule has 0 radical (unpaired) electrons. The van der Waals surface area contributed by atoms with Crippen LogP contribution in [0.4, 0.5) is 0 Å². The van der Waals surface area contributed by atoms with Gasteiger partial charge in [0, 0.05) is 57.2 Å². The van der Waals surface area contributed by atoms with Crippen LogP contribution in [0.5, 0.6) is 11.5 Å². The fraction of sp³-hybridized carbons (Fsp3) is 0.706. The van der Waals surface area contributed by atoms with E-state index in [1.165, 1.54) is 26.5 Å². The molecule has 16 heteroatoms. The van der Waals surface area contributed by atoms with Crippen LogP contribution in [0.2, 0.25) is 0 Å². The molecule has 378 valence electrons. The van der Waals surface area contributed by atoms with Crippen molar-refractivity contribution in [2.45, 2.75) is 148 Å². The summed E-state index contributed by atoms with van der Waals surface area (Å²) in [5, 5.41) is 46.6. The molecule has 2 aliphatic rings. The van der Waals surface area contributed by atoms with Crippen molar-refractivity contribution in [2.24, 2.45) is 28.8 Å². The minimum absolute atomic E-state index is 0.170. The minimum Gasteiger partial charge on any atom is -0.459 e. The molecule has 2 saturated heterocycles. The molecule has 0 bridgehead atoms. The van der Waals surface area contributed by atoms with E-state index in [0.29, 0.717) is 38.4 Å². The van der Waals surface area contributed by atoms with Crippen molar-refractivity contribution in [2.75, 3.05) is 60.7 Å². The standard InChI is InChI=1S/C51H82N4O12/c1-12-42-51(8,60)46(58)35(4)43(54-63-29-26-52-24-16-27-62-28-17-25-53-32-38-20-22-40(23-21-38)65-39-18-14-13-15-19-39)33(2)31-50(7,61-11)47(36(5)44(56)37(6)48(59)66-42)67-49-45(57)41(55(9)10)30-34(3)64-49/h13-15,18-23,33-37,41-42,45-47,49,52-53,57-58,60H,12,16-17,24-32H2,1-11H3/t33-,34-,35+,36+,37-,41+,42-,45-,46-,47-,49+,50+,51-/m1/s1. The number of benzene rings is 2. The van der Waals surface area contributed by atoms with E-state index in [-0.39, 0.29) is 31.6 Å². The van der Waals surface area contributed by atoms with Gasteiger partial charge in [-0.3, -0.25) is 9.59 Å². The van der Waals surface area contributed by atoms with Gasteiger partial charge in [0.25, 0.3) is 0 Å². The largest absolute Gasteiger partial charge is 0.459 e. The summed E-state index contributed by atoms with van der Waals surface area (Å²) < 4.78 is 36.6. The predicted molar refractivity (Wildman–Crippen MR) is 257 cm³/mol. The number of ketones is 1. The van der Waals surface area contributed by atoms with E-state index in [0.717, 1.165) is 37.4 Å². The lowest BCUT2D eigenvalue weighted by molar-refractivity contribution is -0.295. The Bertz CT molecular complexity index is 1800. The Morgan fingerprint density at radius 2 is 1.51 bits per heavy atom. The molecular weight excluding hydrogens is 861 g/mol. The molecule has 0 amide bonds. The molecule has 0 aliphatic carbocycles. The zero-order valence-corrected chi connectivity index (χ0v) is 41.9. The second kappa shape index (κ2) is 27.0. The number of esters is 1. The number of methoxy groups -OCH3 is 1. The van der Waals surface area contributed by atoms with Gasteiger partial charge in [0.05, 0.1) is 29.6 Å². The maximum absolute atomic E-state index is 14.2. The number of cyclic esters (lactones) is 1. The van der Waals surface area contributed by atoms with E-state index in [2.05, 4.69) is 27.9 Å². The minimum atomic E-state index is -1.92. The molecule has 5 N–H and O–H groups in total. The summed E-state index contributed by atoms with van der Waals surface area (Å²) in [6.45, 7) is 18.0. The van der Waals surface area contributed by atoms with Crippen molar-refractivity contribution in [3.63, 3.8) is 0 Å². The van der Waals surface area contributed by atoms with Gasteiger partial charge in [-0.1, -0.05) is 63.2 Å². The Kier molecular flexibility index (Phi) is 22.6. The molecule has 0 aromatic heterocycles. The average molecular weight is 943 g/mol. The number of hydrogen-bond donors (Lipinski definition) is 5. The van der Waals surface area contributed by atoms with Crippen LogP contribution in [0, 0.1) is 23.7 Å². The van der Waals surface area contributed by atoms with E-state index in [1.807, 2.05) is 82.2 Å². The van der Waals surface area contributed by atoms with Crippen molar-refractivity contribution in [3.8, 4) is 11.5 Å². The molecule has 0 spiro atoms. The number of Topliss-reactive ketones (excluding diaryl/α,β-unsaturated/α-hetero) is 1. The maximum atomic E-state index is 14.2. The Morgan fingerprint density at radius 3 is 2.13 bits per heavy atom. The number of likely N-dealkylation sites (N-methyl/N-ethyl adjacent to an activating group) is 1. The third-order valence-corrected chi connectivity index (χ3v) is 13.4. The van der Waals surface area contributed by atoms with Crippen LogP contribution in [0.25, 0.3) is 0 Å². The van der Waals surface area contributed by atoms with Gasteiger partial charge in [-0.15, -0.1) is 0 Å². The number of oxime groups is 1. The molecule has 2 heterocycles. The molecule has 2 aliphatic heterocycles. The third-order valence-electron chi connectivity index (χ3n) is 13.4. The summed E-state index contributed by atoms with van der Waals surface area (Å²) in [6.07, 6.45) is -3.37. The van der Waals surface area contributed by atoms with Crippen molar-refractivity contribution >= 4 is 17.5 Å². The van der Waals surface area contributed by atoms with Crippen LogP contribution in [-0.4, -0.2) is 152 Å². The lowest BCUT2D eigenvalue weighted by Crippen LogP contribution is -2.60. The average Bonchev–Trinajstić information content (AvgIpc) is 3.31. The predicted octanol–water partition coefficient (Wildman–Crippen LogP) is 5.49. The number of nitrogens with one attached hydrogen (secondary N) is 2. The van der Waals surface area contributed by atoms with Crippen molar-refractivity contribution < 1.29 is 58.2 Å². The Morgan fingerprint density at radius 1 is 0.866 bits per heavy atom.